The van der Waals surface area contributed by atoms with Crippen LogP contribution in [-0.2, 0) is 4.79 Å². The number of nitrogens with two attached hydrogens (primary N) is 3. The van der Waals surface area contributed by atoms with Crippen molar-refractivity contribution in [1.82, 2.24) is 0 Å². The zero-order valence-electron chi connectivity index (χ0n) is 9.86. The third-order valence-electron chi connectivity index (χ3n) is 2.33. The van der Waals surface area contributed by atoms with E-state index in [0.29, 0.717) is 10.6 Å². The molecular weight excluding hydrogens is 331 g/mol. The van der Waals surface area contributed by atoms with Crippen LogP contribution in [0.3, 0.4) is 0 Å². The van der Waals surface area contributed by atoms with Gasteiger partial charge in [0.15, 0.2) is 0 Å². The number of amides is 1. The van der Waals surface area contributed by atoms with Gasteiger partial charge in [0.05, 0.1) is 10.0 Å². The molecule has 1 amide bonds. The second-order valence-electron chi connectivity index (χ2n) is 3.55. The summed E-state index contributed by atoms with van der Waals surface area (Å²) >= 11 is 19.0. The van der Waals surface area contributed by atoms with Gasteiger partial charge < -0.3 is 5.73 Å². The molecule has 0 radical (unpaired) electrons. The van der Waals surface area contributed by atoms with Crippen molar-refractivity contribution in [3.05, 3.63) is 32.8 Å². The quantitative estimate of drug-likeness (QED) is 0.195. The number of hydrazine groups is 1. The van der Waals surface area contributed by atoms with E-state index in [1.165, 1.54) is 23.9 Å². The molecule has 0 spiro atoms. The van der Waals surface area contributed by atoms with E-state index in [0.717, 1.165) is 4.68 Å². The number of hydrogen-bond acceptors (Lipinski definition) is 3. The molecule has 19 heavy (non-hydrogen) atoms. The number of rotatable bonds is 3. The smallest absolute Gasteiger partial charge is 0.327 e. The van der Waals surface area contributed by atoms with Crippen molar-refractivity contribution in [2.75, 3.05) is 6.26 Å². The van der Waals surface area contributed by atoms with Gasteiger partial charge in [0.25, 0.3) is 5.91 Å². The molecule has 1 unspecified atom stereocenters. The van der Waals surface area contributed by atoms with E-state index in [4.69, 9.17) is 52.1 Å². The van der Waals surface area contributed by atoms with Gasteiger partial charge in [-0.15, -0.1) is 4.68 Å². The minimum atomic E-state index is -1.06. The van der Waals surface area contributed by atoms with E-state index in [1.54, 1.807) is 6.26 Å². The van der Waals surface area contributed by atoms with Crippen molar-refractivity contribution < 1.29 is 9.48 Å². The fraction of sp³-hybridized carbons (Fsp3) is 0.200. The van der Waals surface area contributed by atoms with Crippen LogP contribution in [0, 0.1) is 0 Å². The van der Waals surface area contributed by atoms with Crippen LogP contribution in [0.2, 0.25) is 15.1 Å². The summed E-state index contributed by atoms with van der Waals surface area (Å²) in [5.41, 5.74) is 11.3. The van der Waals surface area contributed by atoms with Crippen LogP contribution < -0.4 is 17.3 Å². The number of primary amides is 1. The monoisotopic (exact) mass is 341 g/mol. The summed E-state index contributed by atoms with van der Waals surface area (Å²) in [6.45, 7) is 0. The van der Waals surface area contributed by atoms with E-state index < -0.39 is 11.9 Å². The van der Waals surface area contributed by atoms with E-state index in [1.807, 2.05) is 0 Å². The second kappa shape index (κ2) is 6.56. The Hall–Kier alpha value is -0.820. The van der Waals surface area contributed by atoms with Crippen LogP contribution in [0.5, 0.6) is 0 Å². The predicted molar refractivity (Wildman–Crippen MR) is 80.6 cm³/mol. The van der Waals surface area contributed by atoms with Gasteiger partial charge in [0.1, 0.15) is 0 Å². The fourth-order valence-corrected chi connectivity index (χ4v) is 2.49. The van der Waals surface area contributed by atoms with E-state index in [-0.39, 0.29) is 15.2 Å². The molecule has 104 valence electrons. The number of carbonyl (C=O) groups is 1. The zero-order valence-corrected chi connectivity index (χ0v) is 12.9. The summed E-state index contributed by atoms with van der Waals surface area (Å²) in [4.78, 5) is 11.6. The Morgan fingerprint density at radius 1 is 1.32 bits per heavy atom. The third kappa shape index (κ3) is 3.60. The summed E-state index contributed by atoms with van der Waals surface area (Å²) in [6.07, 6.45) is 1.71. The molecule has 1 aromatic rings. The Morgan fingerprint density at radius 2 is 1.89 bits per heavy atom. The van der Waals surface area contributed by atoms with Gasteiger partial charge in [-0.1, -0.05) is 34.8 Å². The number of carbonyl (C=O) groups excluding carboxylic acids is 1. The van der Waals surface area contributed by atoms with Crippen LogP contribution in [0.15, 0.2) is 12.1 Å². The molecule has 9 heteroatoms. The first-order chi connectivity index (χ1) is 8.79. The molecule has 0 aliphatic carbocycles. The van der Waals surface area contributed by atoms with Crippen LogP contribution in [0.1, 0.15) is 11.6 Å². The highest BCUT2D eigenvalue weighted by Gasteiger charge is 2.30. The maximum absolute atomic E-state index is 11.6. The molecule has 0 heterocycles. The van der Waals surface area contributed by atoms with E-state index in [9.17, 15) is 4.79 Å². The van der Waals surface area contributed by atoms with Crippen molar-refractivity contribution in [2.24, 2.45) is 17.3 Å². The minimum absolute atomic E-state index is 0.152. The van der Waals surface area contributed by atoms with Gasteiger partial charge in [0, 0.05) is 10.6 Å². The van der Waals surface area contributed by atoms with Crippen molar-refractivity contribution in [2.45, 2.75) is 6.04 Å². The first kappa shape index (κ1) is 16.2. The lowest BCUT2D eigenvalue weighted by molar-refractivity contribution is -0.568. The predicted octanol–water partition coefficient (Wildman–Crippen LogP) is 1.74. The Balaban J connectivity index is 3.49. The molecule has 0 aliphatic rings. The lowest BCUT2D eigenvalue weighted by Gasteiger charge is -2.16. The zero-order chi connectivity index (χ0) is 14.7. The average molecular weight is 343 g/mol. The van der Waals surface area contributed by atoms with Gasteiger partial charge in [0.2, 0.25) is 6.04 Å². The van der Waals surface area contributed by atoms with Gasteiger partial charge in [-0.3, -0.25) is 16.4 Å². The Kier molecular flexibility index (Phi) is 5.61. The van der Waals surface area contributed by atoms with E-state index in [2.05, 4.69) is 0 Å². The molecule has 1 atom stereocenters. The molecule has 1 aromatic carbocycles. The Morgan fingerprint density at radius 3 is 2.37 bits per heavy atom. The Bertz CT molecular complexity index is 550. The van der Waals surface area contributed by atoms with Gasteiger partial charge >= 0.3 is 5.17 Å². The summed E-state index contributed by atoms with van der Waals surface area (Å²) < 4.78 is 1.03. The molecule has 0 bridgehead atoms. The largest absolute Gasteiger partial charge is 0.366 e. The maximum atomic E-state index is 11.6. The SMILES string of the molecule is CSC(N)=[N+](N)C(C(N)=O)c1cc(Cl)cc(Cl)c1Cl. The standard InChI is InChI=1S/C10H11Cl3N4OS/c1-19-10(15)17(16)8(9(14)18)5-2-4(11)3-6(12)7(5)13/h2-3,8,15H,16H2,1H3,(H2,14,18)/p+1. The van der Waals surface area contributed by atoms with Crippen molar-refractivity contribution in [3.63, 3.8) is 0 Å². The van der Waals surface area contributed by atoms with Crippen molar-refractivity contribution >= 4 is 57.6 Å². The summed E-state index contributed by atoms with van der Waals surface area (Å²) in [5.74, 6) is 5.06. The Labute approximate surface area is 129 Å². The number of hydrogen-bond donors (Lipinski definition) is 3. The topological polar surface area (TPSA) is 98.1 Å². The van der Waals surface area contributed by atoms with Crippen LogP contribution in [-0.4, -0.2) is 22.0 Å². The van der Waals surface area contributed by atoms with Crippen LogP contribution in [0.4, 0.5) is 0 Å². The minimum Gasteiger partial charge on any atom is -0.366 e. The maximum Gasteiger partial charge on any atom is 0.327 e. The van der Waals surface area contributed by atoms with Crippen molar-refractivity contribution in [1.29, 1.82) is 0 Å². The number of halogens is 3. The number of thioether (sulfide) groups is 1. The van der Waals surface area contributed by atoms with Gasteiger partial charge in [-0.05, 0) is 30.2 Å². The number of amidine groups is 1. The fourth-order valence-electron chi connectivity index (χ4n) is 1.45. The summed E-state index contributed by atoms with van der Waals surface area (Å²) in [5, 5.41) is 0.869. The molecule has 6 N–H and O–H groups in total. The van der Waals surface area contributed by atoms with Crippen LogP contribution >= 0.6 is 46.6 Å². The lowest BCUT2D eigenvalue weighted by atomic mass is 10.1. The highest BCUT2D eigenvalue weighted by Crippen LogP contribution is 2.34. The molecule has 0 saturated carbocycles. The number of hydrazone groups is 1. The van der Waals surface area contributed by atoms with Gasteiger partial charge in [-0.25, -0.2) is 0 Å². The molecular formula is C10H12Cl3N4OS+. The molecule has 5 nitrogen and oxygen atoms in total. The summed E-state index contributed by atoms with van der Waals surface area (Å²) in [6, 6.07) is 1.87. The molecule has 1 rings (SSSR count). The van der Waals surface area contributed by atoms with E-state index >= 15 is 0 Å². The van der Waals surface area contributed by atoms with Crippen molar-refractivity contribution in [3.8, 4) is 0 Å². The average Bonchev–Trinajstić information content (AvgIpc) is 2.33. The third-order valence-corrected chi connectivity index (χ3v) is 3.99. The molecule has 0 aromatic heterocycles. The van der Waals surface area contributed by atoms with Gasteiger partial charge in [-0.2, -0.15) is 0 Å². The normalized spacial score (nSPS) is 13.9. The first-order valence-electron chi connectivity index (χ1n) is 4.93. The van der Waals surface area contributed by atoms with Crippen LogP contribution in [0.25, 0.3) is 0 Å². The molecule has 0 fully saturated rings. The molecule has 0 aliphatic heterocycles. The lowest BCUT2D eigenvalue weighted by Crippen LogP contribution is -2.41. The first-order valence-corrected chi connectivity index (χ1v) is 7.29. The highest BCUT2D eigenvalue weighted by atomic mass is 35.5. The second-order valence-corrected chi connectivity index (χ2v) is 5.59. The summed E-state index contributed by atoms with van der Waals surface area (Å²) in [7, 11) is 0. The number of nitrogens with zero attached hydrogens (tertiary/aromatic N) is 1. The number of benzene rings is 1. The highest BCUT2D eigenvalue weighted by molar-refractivity contribution is 8.12. The molecule has 0 saturated heterocycles.